The maximum Gasteiger partial charge on any atom is 0.268 e. The molecule has 0 radical (unpaired) electrons. The van der Waals surface area contributed by atoms with Crippen LogP contribution in [0, 0.1) is 5.82 Å². The van der Waals surface area contributed by atoms with Crippen molar-refractivity contribution < 1.29 is 9.18 Å². The van der Waals surface area contributed by atoms with Crippen molar-refractivity contribution >= 4 is 32.7 Å². The van der Waals surface area contributed by atoms with Crippen molar-refractivity contribution in [1.82, 2.24) is 25.1 Å². The zero-order chi connectivity index (χ0) is 18.8. The lowest BCUT2D eigenvalue weighted by molar-refractivity contribution is 0.0927. The highest BCUT2D eigenvalue weighted by atomic mass is 79.9. The van der Waals surface area contributed by atoms with Crippen LogP contribution in [0.25, 0.3) is 10.9 Å². The second-order valence-electron chi connectivity index (χ2n) is 6.09. The van der Waals surface area contributed by atoms with Crippen molar-refractivity contribution in [2.45, 2.75) is 12.6 Å². The summed E-state index contributed by atoms with van der Waals surface area (Å²) in [6.07, 6.45) is 3.04. The van der Waals surface area contributed by atoms with E-state index in [4.69, 9.17) is 0 Å². The number of nitrogens with one attached hydrogen (secondary N) is 2. The highest BCUT2D eigenvalue weighted by Crippen LogP contribution is 2.24. The van der Waals surface area contributed by atoms with Crippen LogP contribution in [0.3, 0.4) is 0 Å². The van der Waals surface area contributed by atoms with E-state index < -0.39 is 5.82 Å². The van der Waals surface area contributed by atoms with Gasteiger partial charge in [-0.15, -0.1) is 0 Å². The fourth-order valence-corrected chi connectivity index (χ4v) is 3.38. The molecule has 0 saturated heterocycles. The average molecular weight is 428 g/mol. The number of benzene rings is 2. The summed E-state index contributed by atoms with van der Waals surface area (Å²) < 4.78 is 16.4. The number of amides is 1. The molecule has 4 rings (SSSR count). The Balaban J connectivity index is 1.62. The summed E-state index contributed by atoms with van der Waals surface area (Å²) in [5.74, 6) is -0.715. The summed E-state index contributed by atoms with van der Waals surface area (Å²) in [4.78, 5) is 19.7. The number of halogens is 2. The number of hydrogen-bond donors (Lipinski definition) is 2. The van der Waals surface area contributed by atoms with Gasteiger partial charge in [0, 0.05) is 9.86 Å². The van der Waals surface area contributed by atoms with E-state index in [-0.39, 0.29) is 11.9 Å². The van der Waals surface area contributed by atoms with Crippen LogP contribution in [0.15, 0.2) is 65.7 Å². The summed E-state index contributed by atoms with van der Waals surface area (Å²) >= 11 is 3.26. The van der Waals surface area contributed by atoms with Gasteiger partial charge in [-0.25, -0.2) is 9.37 Å². The molecule has 2 N–H and O–H groups in total. The predicted molar refractivity (Wildman–Crippen MR) is 103 cm³/mol. The number of aromatic amines is 1. The molecule has 0 spiro atoms. The molecule has 6 nitrogen and oxygen atoms in total. The van der Waals surface area contributed by atoms with Gasteiger partial charge < -0.3 is 10.3 Å². The smallest absolute Gasteiger partial charge is 0.268 e. The molecule has 0 aliphatic heterocycles. The molecule has 2 heterocycles. The topological polar surface area (TPSA) is 75.6 Å². The van der Waals surface area contributed by atoms with E-state index in [1.807, 2.05) is 30.3 Å². The van der Waals surface area contributed by atoms with Crippen molar-refractivity contribution in [2.75, 3.05) is 0 Å². The molecular formula is C19H15BrFN5O. The van der Waals surface area contributed by atoms with Crippen molar-refractivity contribution in [3.63, 3.8) is 0 Å². The van der Waals surface area contributed by atoms with E-state index in [2.05, 4.69) is 36.3 Å². The van der Waals surface area contributed by atoms with Crippen LogP contribution in [0.2, 0.25) is 0 Å². The van der Waals surface area contributed by atoms with Crippen LogP contribution in [0.1, 0.15) is 22.1 Å². The minimum absolute atomic E-state index is 0.293. The Morgan fingerprint density at radius 3 is 2.81 bits per heavy atom. The van der Waals surface area contributed by atoms with Gasteiger partial charge in [0.1, 0.15) is 24.2 Å². The van der Waals surface area contributed by atoms with Gasteiger partial charge in [-0.1, -0.05) is 46.3 Å². The number of carbonyl (C=O) groups is 1. The molecule has 0 aliphatic carbocycles. The fraction of sp³-hybridized carbons (Fsp3) is 0.105. The number of rotatable bonds is 5. The van der Waals surface area contributed by atoms with Crippen LogP contribution in [0.4, 0.5) is 4.39 Å². The van der Waals surface area contributed by atoms with Gasteiger partial charge in [-0.2, -0.15) is 5.10 Å². The van der Waals surface area contributed by atoms with E-state index >= 15 is 0 Å². The Labute approximate surface area is 162 Å². The maximum atomic E-state index is 14.1. The van der Waals surface area contributed by atoms with Crippen LogP contribution in [-0.4, -0.2) is 25.7 Å². The number of carbonyl (C=O) groups excluding carboxylic acids is 1. The molecule has 1 unspecified atom stereocenters. The molecule has 0 aliphatic rings. The minimum atomic E-state index is -0.392. The normalized spacial score (nSPS) is 12.2. The van der Waals surface area contributed by atoms with E-state index in [0.717, 1.165) is 5.56 Å². The summed E-state index contributed by atoms with van der Waals surface area (Å²) in [5, 5.41) is 7.47. The molecule has 27 heavy (non-hydrogen) atoms. The molecule has 2 aromatic heterocycles. The Morgan fingerprint density at radius 1 is 1.26 bits per heavy atom. The van der Waals surface area contributed by atoms with Gasteiger partial charge in [0.15, 0.2) is 0 Å². The van der Waals surface area contributed by atoms with Crippen LogP contribution in [0.5, 0.6) is 0 Å². The first-order valence-electron chi connectivity index (χ1n) is 8.26. The lowest BCUT2D eigenvalue weighted by Crippen LogP contribution is -2.31. The number of H-pyrrole nitrogens is 1. The Kier molecular flexibility index (Phi) is 4.72. The van der Waals surface area contributed by atoms with E-state index in [9.17, 15) is 9.18 Å². The summed E-state index contributed by atoms with van der Waals surface area (Å²) in [7, 11) is 0. The number of fused-ring (bicyclic) bond motifs is 1. The first-order valence-corrected chi connectivity index (χ1v) is 9.05. The highest BCUT2D eigenvalue weighted by Gasteiger charge is 2.19. The molecule has 136 valence electrons. The third kappa shape index (κ3) is 3.75. The second kappa shape index (κ2) is 7.32. The number of nitrogens with zero attached hydrogens (tertiary/aromatic N) is 3. The van der Waals surface area contributed by atoms with Crippen LogP contribution >= 0.6 is 15.9 Å². The second-order valence-corrected chi connectivity index (χ2v) is 7.00. The zero-order valence-corrected chi connectivity index (χ0v) is 15.6. The summed E-state index contributed by atoms with van der Waals surface area (Å²) in [6.45, 7) is 0.426. The standard InChI is InChI=1S/C19H15BrFN5O/c20-13-6-15(21)14-8-17(24-16(14)7-13)19(27)25-18(9-26-11-22-10-23-26)12-4-2-1-3-5-12/h1-8,10-11,18,24H,9H2,(H,25,27). The van der Waals surface area contributed by atoms with Gasteiger partial charge in [-0.3, -0.25) is 9.48 Å². The van der Waals surface area contributed by atoms with E-state index in [1.54, 1.807) is 17.1 Å². The van der Waals surface area contributed by atoms with Gasteiger partial charge >= 0.3 is 0 Å². The lowest BCUT2D eigenvalue weighted by atomic mass is 10.1. The van der Waals surface area contributed by atoms with Gasteiger partial charge in [0.05, 0.1) is 18.1 Å². The molecule has 0 fully saturated rings. The number of hydrogen-bond acceptors (Lipinski definition) is 3. The van der Waals surface area contributed by atoms with Gasteiger partial charge in [0.2, 0.25) is 0 Å². The van der Waals surface area contributed by atoms with Crippen molar-refractivity contribution in [3.8, 4) is 0 Å². The van der Waals surface area contributed by atoms with Crippen molar-refractivity contribution in [2.24, 2.45) is 0 Å². The Bertz CT molecular complexity index is 1080. The minimum Gasteiger partial charge on any atom is -0.350 e. The zero-order valence-electron chi connectivity index (χ0n) is 14.1. The van der Waals surface area contributed by atoms with Gasteiger partial charge in [-0.05, 0) is 23.8 Å². The monoisotopic (exact) mass is 427 g/mol. The van der Waals surface area contributed by atoms with Crippen LogP contribution in [-0.2, 0) is 6.54 Å². The number of aromatic nitrogens is 4. The first kappa shape index (κ1) is 17.4. The molecule has 4 aromatic rings. The molecule has 1 amide bonds. The summed E-state index contributed by atoms with van der Waals surface area (Å²) in [6, 6.07) is 13.9. The quantitative estimate of drug-likeness (QED) is 0.508. The van der Waals surface area contributed by atoms with Crippen LogP contribution < -0.4 is 5.32 Å². The highest BCUT2D eigenvalue weighted by molar-refractivity contribution is 9.10. The van der Waals surface area contributed by atoms with E-state index in [0.29, 0.717) is 27.6 Å². The maximum absolute atomic E-state index is 14.1. The van der Waals surface area contributed by atoms with Crippen molar-refractivity contribution in [3.05, 3.63) is 82.7 Å². The average Bonchev–Trinajstić information content (AvgIpc) is 3.31. The molecular weight excluding hydrogens is 413 g/mol. The molecule has 8 heteroatoms. The van der Waals surface area contributed by atoms with Gasteiger partial charge in [0.25, 0.3) is 5.91 Å². The predicted octanol–water partition coefficient (Wildman–Crippen LogP) is 3.83. The largest absolute Gasteiger partial charge is 0.350 e. The fourth-order valence-electron chi connectivity index (χ4n) is 2.95. The lowest BCUT2D eigenvalue weighted by Gasteiger charge is -2.18. The third-order valence-electron chi connectivity index (χ3n) is 4.24. The van der Waals surface area contributed by atoms with Crippen molar-refractivity contribution in [1.29, 1.82) is 0 Å². The third-order valence-corrected chi connectivity index (χ3v) is 4.70. The Hall–Kier alpha value is -3.00. The molecule has 2 aromatic carbocycles. The molecule has 0 saturated carbocycles. The molecule has 1 atom stereocenters. The molecule has 0 bridgehead atoms. The van der Waals surface area contributed by atoms with E-state index in [1.165, 1.54) is 18.5 Å². The SMILES string of the molecule is O=C(NC(Cn1cncn1)c1ccccc1)c1cc2c(F)cc(Br)cc2[nH]1. The summed E-state index contributed by atoms with van der Waals surface area (Å²) in [5.41, 5.74) is 1.78. The first-order chi connectivity index (χ1) is 13.1. The Morgan fingerprint density at radius 2 is 2.07 bits per heavy atom.